The maximum absolute atomic E-state index is 12.4. The van der Waals surface area contributed by atoms with Crippen LogP contribution < -0.4 is 11.1 Å². The molecule has 1 saturated carbocycles. The van der Waals surface area contributed by atoms with Crippen LogP contribution in [0.25, 0.3) is 0 Å². The van der Waals surface area contributed by atoms with E-state index in [2.05, 4.69) is 26.4 Å². The normalized spacial score (nSPS) is 25.9. The first kappa shape index (κ1) is 15.1. The lowest BCUT2D eigenvalue weighted by Crippen LogP contribution is -2.54. The second-order valence-electron chi connectivity index (χ2n) is 5.16. The Kier molecular flexibility index (Phi) is 4.25. The van der Waals surface area contributed by atoms with Crippen molar-refractivity contribution in [1.29, 1.82) is 0 Å². The van der Waals surface area contributed by atoms with Gasteiger partial charge in [-0.15, -0.1) is 0 Å². The van der Waals surface area contributed by atoms with Gasteiger partial charge in [-0.3, -0.25) is 4.79 Å². The van der Waals surface area contributed by atoms with Gasteiger partial charge in [0.2, 0.25) is 5.91 Å². The van der Waals surface area contributed by atoms with E-state index in [1.807, 2.05) is 6.92 Å². The number of nitrogens with one attached hydrogen (secondary N) is 1. The van der Waals surface area contributed by atoms with Gasteiger partial charge in [-0.2, -0.15) is 0 Å². The molecular weight excluding hydrogens is 346 g/mol. The minimum atomic E-state index is -0.923. The standard InChI is InChI=1S/C13H15BrClN3O2/c1-7-5-13(6-7,11(16)18-20)12(19)17-8-2-3-9(14)10(15)4-8/h2-4,7,20H,5-6H2,1H3,(H2,16,18)(H,17,19). The van der Waals surface area contributed by atoms with Crippen molar-refractivity contribution in [2.75, 3.05) is 5.32 Å². The summed E-state index contributed by atoms with van der Waals surface area (Å²) in [6.45, 7) is 2.02. The van der Waals surface area contributed by atoms with Crippen LogP contribution in [0.2, 0.25) is 5.02 Å². The number of rotatable bonds is 3. The molecule has 0 aliphatic heterocycles. The summed E-state index contributed by atoms with van der Waals surface area (Å²) in [5.41, 5.74) is 5.34. The lowest BCUT2D eigenvalue weighted by Gasteiger charge is -2.43. The average Bonchev–Trinajstić information content (AvgIpc) is 2.38. The largest absolute Gasteiger partial charge is 0.409 e. The molecule has 1 aromatic carbocycles. The Morgan fingerprint density at radius 3 is 2.75 bits per heavy atom. The molecule has 1 aromatic rings. The van der Waals surface area contributed by atoms with Gasteiger partial charge in [-0.25, -0.2) is 0 Å². The van der Waals surface area contributed by atoms with E-state index in [1.165, 1.54) is 0 Å². The van der Waals surface area contributed by atoms with Gasteiger partial charge in [-0.05, 0) is 52.9 Å². The van der Waals surface area contributed by atoms with Crippen LogP contribution in [0.3, 0.4) is 0 Å². The van der Waals surface area contributed by atoms with Gasteiger partial charge in [0.05, 0.1) is 5.02 Å². The number of nitrogens with zero attached hydrogens (tertiary/aromatic N) is 1. The van der Waals surface area contributed by atoms with Crippen molar-refractivity contribution >= 4 is 45.0 Å². The van der Waals surface area contributed by atoms with Crippen LogP contribution in [0.5, 0.6) is 0 Å². The van der Waals surface area contributed by atoms with E-state index in [9.17, 15) is 4.79 Å². The molecule has 0 aromatic heterocycles. The number of nitrogens with two attached hydrogens (primary N) is 1. The van der Waals surface area contributed by atoms with E-state index in [0.717, 1.165) is 4.47 Å². The van der Waals surface area contributed by atoms with E-state index in [0.29, 0.717) is 29.5 Å². The number of hydrogen-bond acceptors (Lipinski definition) is 3. The van der Waals surface area contributed by atoms with Crippen LogP contribution in [-0.2, 0) is 4.79 Å². The lowest BCUT2D eigenvalue weighted by molar-refractivity contribution is -0.127. The highest BCUT2D eigenvalue weighted by Gasteiger charge is 2.52. The van der Waals surface area contributed by atoms with Crippen molar-refractivity contribution in [3.05, 3.63) is 27.7 Å². The molecule has 4 N–H and O–H groups in total. The van der Waals surface area contributed by atoms with Gasteiger partial charge >= 0.3 is 0 Å². The van der Waals surface area contributed by atoms with Crippen molar-refractivity contribution in [3.63, 3.8) is 0 Å². The smallest absolute Gasteiger partial charge is 0.238 e. The third-order valence-electron chi connectivity index (χ3n) is 3.60. The van der Waals surface area contributed by atoms with Crippen molar-refractivity contribution in [2.45, 2.75) is 19.8 Å². The fourth-order valence-electron chi connectivity index (χ4n) is 2.56. The number of hydrogen-bond donors (Lipinski definition) is 3. The lowest BCUT2D eigenvalue weighted by atomic mass is 9.61. The third kappa shape index (κ3) is 2.62. The zero-order valence-electron chi connectivity index (χ0n) is 10.9. The number of amides is 1. The van der Waals surface area contributed by atoms with Crippen molar-refractivity contribution in [1.82, 2.24) is 0 Å². The SMILES string of the molecule is CC1CC(C(=O)Nc2ccc(Br)c(Cl)c2)(/C(N)=N/O)C1. The molecule has 0 bridgehead atoms. The predicted octanol–water partition coefficient (Wildman–Crippen LogP) is 3.20. The van der Waals surface area contributed by atoms with E-state index < -0.39 is 5.41 Å². The molecule has 0 spiro atoms. The number of anilines is 1. The molecule has 2 rings (SSSR count). The predicted molar refractivity (Wildman–Crippen MR) is 82.0 cm³/mol. The molecule has 1 aliphatic rings. The second kappa shape index (κ2) is 5.61. The van der Waals surface area contributed by atoms with E-state index >= 15 is 0 Å². The van der Waals surface area contributed by atoms with Crippen LogP contribution in [0, 0.1) is 11.3 Å². The molecule has 7 heteroatoms. The summed E-state index contributed by atoms with van der Waals surface area (Å²) in [5.74, 6) is 0.0511. The monoisotopic (exact) mass is 359 g/mol. The van der Waals surface area contributed by atoms with E-state index in [1.54, 1.807) is 18.2 Å². The molecular formula is C13H15BrClN3O2. The van der Waals surface area contributed by atoms with Gasteiger partial charge in [0.25, 0.3) is 0 Å². The number of oxime groups is 1. The highest BCUT2D eigenvalue weighted by molar-refractivity contribution is 9.10. The van der Waals surface area contributed by atoms with Gasteiger partial charge in [-0.1, -0.05) is 23.7 Å². The molecule has 108 valence electrons. The zero-order valence-corrected chi connectivity index (χ0v) is 13.2. The molecule has 0 atom stereocenters. The maximum atomic E-state index is 12.4. The van der Waals surface area contributed by atoms with Crippen LogP contribution in [0.1, 0.15) is 19.8 Å². The van der Waals surface area contributed by atoms with Gasteiger partial charge in [0.1, 0.15) is 5.41 Å². The second-order valence-corrected chi connectivity index (χ2v) is 6.43. The number of amidine groups is 1. The summed E-state index contributed by atoms with van der Waals surface area (Å²) in [6.07, 6.45) is 1.14. The molecule has 0 saturated heterocycles. The molecule has 1 aliphatic carbocycles. The highest BCUT2D eigenvalue weighted by atomic mass is 79.9. The Morgan fingerprint density at radius 2 is 2.25 bits per heavy atom. The van der Waals surface area contributed by atoms with Crippen molar-refractivity contribution < 1.29 is 10.0 Å². The van der Waals surface area contributed by atoms with Crippen LogP contribution in [-0.4, -0.2) is 17.0 Å². The summed E-state index contributed by atoms with van der Waals surface area (Å²) in [4.78, 5) is 12.4. The van der Waals surface area contributed by atoms with Crippen LogP contribution >= 0.6 is 27.5 Å². The average molecular weight is 361 g/mol. The number of halogens is 2. The Hall–Kier alpha value is -1.27. The Balaban J connectivity index is 2.20. The van der Waals surface area contributed by atoms with Gasteiger partial charge in [0, 0.05) is 10.2 Å². The fraction of sp³-hybridized carbons (Fsp3) is 0.385. The van der Waals surface area contributed by atoms with E-state index in [4.69, 9.17) is 22.5 Å². The summed E-state index contributed by atoms with van der Waals surface area (Å²) >= 11 is 9.27. The first-order chi connectivity index (χ1) is 9.39. The Labute approximate surface area is 130 Å². The quantitative estimate of drug-likeness (QED) is 0.335. The van der Waals surface area contributed by atoms with Crippen LogP contribution in [0.4, 0.5) is 5.69 Å². The van der Waals surface area contributed by atoms with E-state index in [-0.39, 0.29) is 11.7 Å². The molecule has 0 unspecified atom stereocenters. The number of carbonyl (C=O) groups is 1. The molecule has 1 amide bonds. The Morgan fingerprint density at radius 1 is 1.60 bits per heavy atom. The summed E-state index contributed by atoms with van der Waals surface area (Å²) < 4.78 is 0.751. The van der Waals surface area contributed by atoms with Gasteiger partial charge in [0.15, 0.2) is 5.84 Å². The molecule has 5 nitrogen and oxygen atoms in total. The number of benzene rings is 1. The highest BCUT2D eigenvalue weighted by Crippen LogP contribution is 2.46. The maximum Gasteiger partial charge on any atom is 0.238 e. The topological polar surface area (TPSA) is 87.7 Å². The molecule has 1 fully saturated rings. The minimum Gasteiger partial charge on any atom is -0.409 e. The van der Waals surface area contributed by atoms with Gasteiger partial charge < -0.3 is 16.3 Å². The molecule has 0 heterocycles. The summed E-state index contributed by atoms with van der Waals surface area (Å²) in [5, 5.41) is 15.2. The summed E-state index contributed by atoms with van der Waals surface area (Å²) in [6, 6.07) is 5.12. The number of carbonyl (C=O) groups excluding carboxylic acids is 1. The first-order valence-electron chi connectivity index (χ1n) is 6.13. The van der Waals surface area contributed by atoms with Crippen LogP contribution in [0.15, 0.2) is 27.8 Å². The minimum absolute atomic E-state index is 0.0451. The first-order valence-corrected chi connectivity index (χ1v) is 7.30. The Bertz CT molecular complexity index is 571. The third-order valence-corrected chi connectivity index (χ3v) is 4.84. The van der Waals surface area contributed by atoms with Crippen molar-refractivity contribution in [3.8, 4) is 0 Å². The zero-order chi connectivity index (χ0) is 14.9. The summed E-state index contributed by atoms with van der Waals surface area (Å²) in [7, 11) is 0. The fourth-order valence-corrected chi connectivity index (χ4v) is 2.99. The molecule has 20 heavy (non-hydrogen) atoms. The van der Waals surface area contributed by atoms with Crippen molar-refractivity contribution in [2.24, 2.45) is 22.2 Å². The molecule has 0 radical (unpaired) electrons.